The van der Waals surface area contributed by atoms with Crippen molar-refractivity contribution in [3.63, 3.8) is 0 Å². The molecule has 1 fully saturated rings. The van der Waals surface area contributed by atoms with Crippen molar-refractivity contribution in [2.24, 2.45) is 5.41 Å². The zero-order chi connectivity index (χ0) is 21.2. The number of aromatic nitrogens is 3. The second-order valence-corrected chi connectivity index (χ2v) is 8.81. The van der Waals surface area contributed by atoms with Crippen LogP contribution in [0.3, 0.4) is 0 Å². The van der Waals surface area contributed by atoms with Crippen molar-refractivity contribution in [1.82, 2.24) is 19.9 Å². The lowest BCUT2D eigenvalue weighted by molar-refractivity contribution is 0.0769. The second kappa shape index (κ2) is 7.90. The fourth-order valence-corrected chi connectivity index (χ4v) is 4.34. The summed E-state index contributed by atoms with van der Waals surface area (Å²) in [6.45, 7) is 5.78. The summed E-state index contributed by atoms with van der Waals surface area (Å²) >= 11 is 0. The molecule has 0 aliphatic heterocycles. The molecule has 0 N–H and O–H groups in total. The number of hydrogen-bond acceptors (Lipinski definition) is 3. The van der Waals surface area contributed by atoms with Gasteiger partial charge in [0.1, 0.15) is 0 Å². The van der Waals surface area contributed by atoms with Crippen LogP contribution in [0.2, 0.25) is 0 Å². The first-order chi connectivity index (χ1) is 14.4. The summed E-state index contributed by atoms with van der Waals surface area (Å²) in [6, 6.07) is 20.6. The van der Waals surface area contributed by atoms with E-state index < -0.39 is 0 Å². The van der Waals surface area contributed by atoms with Crippen LogP contribution in [-0.4, -0.2) is 39.4 Å². The topological polar surface area (TPSA) is 51.0 Å². The number of carbonyl (C=O) groups excluding carboxylic acids is 1. The zero-order valence-electron chi connectivity index (χ0n) is 17.8. The highest BCUT2D eigenvalue weighted by atomic mass is 16.2. The number of likely N-dealkylation sites (N-methyl/N-ethyl adjacent to an activating group) is 1. The lowest BCUT2D eigenvalue weighted by atomic mass is 9.87. The van der Waals surface area contributed by atoms with Gasteiger partial charge in [-0.15, -0.1) is 5.10 Å². The Kier molecular flexibility index (Phi) is 5.29. The molecule has 2 aromatic carbocycles. The Bertz CT molecular complexity index is 1040. The Morgan fingerprint density at radius 2 is 1.73 bits per heavy atom. The number of amides is 1. The van der Waals surface area contributed by atoms with E-state index in [0.29, 0.717) is 18.8 Å². The van der Waals surface area contributed by atoms with Gasteiger partial charge in [0, 0.05) is 19.0 Å². The molecule has 1 saturated carbocycles. The summed E-state index contributed by atoms with van der Waals surface area (Å²) in [7, 11) is 1.86. The first-order valence-electron chi connectivity index (χ1n) is 10.3. The maximum Gasteiger partial charge on any atom is 0.275 e. The van der Waals surface area contributed by atoms with Crippen LogP contribution in [0.25, 0.3) is 6.08 Å². The third-order valence-corrected chi connectivity index (χ3v) is 6.25. The Balaban J connectivity index is 1.42. The molecule has 1 heterocycles. The van der Waals surface area contributed by atoms with E-state index in [1.165, 1.54) is 5.56 Å². The van der Waals surface area contributed by atoms with E-state index in [9.17, 15) is 4.79 Å². The van der Waals surface area contributed by atoms with E-state index >= 15 is 0 Å². The van der Waals surface area contributed by atoms with Gasteiger partial charge in [-0.2, -0.15) is 0 Å². The lowest BCUT2D eigenvalue weighted by Crippen LogP contribution is -2.36. The maximum atomic E-state index is 13.0. The number of rotatable bonds is 7. The molecule has 5 heteroatoms. The normalized spacial score (nSPS) is 19.7. The molecule has 30 heavy (non-hydrogen) atoms. The summed E-state index contributed by atoms with van der Waals surface area (Å²) in [5.74, 6) is -0.0914. The van der Waals surface area contributed by atoms with Crippen LogP contribution in [0.1, 0.15) is 41.9 Å². The number of allylic oxidation sites excluding steroid dienone is 1. The first kappa shape index (κ1) is 20.1. The quantitative estimate of drug-likeness (QED) is 0.589. The predicted molar refractivity (Wildman–Crippen MR) is 119 cm³/mol. The van der Waals surface area contributed by atoms with Crippen LogP contribution in [0, 0.1) is 5.41 Å². The highest BCUT2D eigenvalue weighted by Crippen LogP contribution is 2.64. The van der Waals surface area contributed by atoms with Gasteiger partial charge in [-0.3, -0.25) is 4.79 Å². The number of nitrogens with zero attached hydrogens (tertiary/aromatic N) is 4. The zero-order valence-corrected chi connectivity index (χ0v) is 17.8. The molecule has 154 valence electrons. The van der Waals surface area contributed by atoms with Gasteiger partial charge in [0.05, 0.1) is 12.7 Å². The van der Waals surface area contributed by atoms with Gasteiger partial charge in [-0.1, -0.05) is 91.9 Å². The molecule has 1 aliphatic carbocycles. The smallest absolute Gasteiger partial charge is 0.275 e. The van der Waals surface area contributed by atoms with Gasteiger partial charge in [-0.25, -0.2) is 4.68 Å². The Morgan fingerprint density at radius 1 is 1.10 bits per heavy atom. The van der Waals surface area contributed by atoms with Gasteiger partial charge in [0.15, 0.2) is 5.69 Å². The number of carbonyl (C=O) groups is 1. The van der Waals surface area contributed by atoms with Crippen LogP contribution in [0.4, 0.5) is 0 Å². The van der Waals surface area contributed by atoms with Crippen molar-refractivity contribution >= 4 is 12.0 Å². The second-order valence-electron chi connectivity index (χ2n) is 8.81. The Labute approximate surface area is 178 Å². The van der Waals surface area contributed by atoms with Crippen molar-refractivity contribution in [1.29, 1.82) is 0 Å². The monoisotopic (exact) mass is 400 g/mol. The molecule has 5 nitrogen and oxygen atoms in total. The number of hydrogen-bond donors (Lipinski definition) is 0. The summed E-state index contributed by atoms with van der Waals surface area (Å²) in [5, 5.41) is 8.23. The van der Waals surface area contributed by atoms with Gasteiger partial charge in [0.25, 0.3) is 5.91 Å². The lowest BCUT2D eigenvalue weighted by Gasteiger charge is -2.27. The highest BCUT2D eigenvalue weighted by Gasteiger charge is 2.62. The molecule has 1 aromatic heterocycles. The van der Waals surface area contributed by atoms with E-state index in [2.05, 4.69) is 48.4 Å². The van der Waals surface area contributed by atoms with Gasteiger partial charge in [0.2, 0.25) is 0 Å². The molecule has 1 unspecified atom stereocenters. The van der Waals surface area contributed by atoms with Crippen LogP contribution >= 0.6 is 0 Å². The Morgan fingerprint density at radius 3 is 2.37 bits per heavy atom. The van der Waals surface area contributed by atoms with E-state index in [1.807, 2.05) is 55.6 Å². The van der Waals surface area contributed by atoms with E-state index in [0.717, 1.165) is 12.0 Å². The van der Waals surface area contributed by atoms with Crippen LogP contribution in [0.15, 0.2) is 72.9 Å². The van der Waals surface area contributed by atoms with Crippen molar-refractivity contribution in [2.75, 3.05) is 13.6 Å². The minimum absolute atomic E-state index is 0.00686. The summed E-state index contributed by atoms with van der Waals surface area (Å²) in [4.78, 5) is 14.8. The molecule has 0 saturated heterocycles. The highest BCUT2D eigenvalue weighted by molar-refractivity contribution is 5.91. The van der Waals surface area contributed by atoms with Gasteiger partial charge >= 0.3 is 0 Å². The molecule has 4 rings (SSSR count). The van der Waals surface area contributed by atoms with Gasteiger partial charge in [-0.05, 0) is 23.0 Å². The molecule has 1 atom stereocenters. The standard InChI is InChI=1S/C25H28N4O/c1-24(2)18-25(24,21-14-8-5-9-15-21)19-28(3)23(30)22-17-29(27-26-22)16-10-13-20-11-6-4-7-12-20/h4-15,17H,16,18-19H2,1-3H3. The van der Waals surface area contributed by atoms with Crippen molar-refractivity contribution in [3.05, 3.63) is 89.8 Å². The van der Waals surface area contributed by atoms with Crippen molar-refractivity contribution in [3.8, 4) is 0 Å². The minimum atomic E-state index is -0.0914. The summed E-state index contributed by atoms with van der Waals surface area (Å²) in [5.41, 5.74) is 2.97. The average Bonchev–Trinajstić information content (AvgIpc) is 3.08. The fraction of sp³-hybridized carbons (Fsp3) is 0.320. The minimum Gasteiger partial charge on any atom is -0.339 e. The largest absolute Gasteiger partial charge is 0.339 e. The maximum absolute atomic E-state index is 13.0. The molecule has 0 radical (unpaired) electrons. The molecular formula is C25H28N4O. The van der Waals surface area contributed by atoms with Crippen LogP contribution in [-0.2, 0) is 12.0 Å². The van der Waals surface area contributed by atoms with Gasteiger partial charge < -0.3 is 4.90 Å². The molecule has 1 aliphatic rings. The van der Waals surface area contributed by atoms with Crippen LogP contribution < -0.4 is 0 Å². The Hall–Kier alpha value is -3.21. The molecule has 0 spiro atoms. The van der Waals surface area contributed by atoms with E-state index in [-0.39, 0.29) is 16.7 Å². The predicted octanol–water partition coefficient (Wildman–Crippen LogP) is 4.43. The first-order valence-corrected chi connectivity index (χ1v) is 10.3. The SMILES string of the molecule is CN(CC1(c2ccccc2)CC1(C)C)C(=O)c1cn(CC=Cc2ccccc2)nn1. The summed E-state index contributed by atoms with van der Waals surface area (Å²) in [6.07, 6.45) is 6.84. The van der Waals surface area contributed by atoms with Crippen molar-refractivity contribution in [2.45, 2.75) is 32.2 Å². The third kappa shape index (κ3) is 3.92. The van der Waals surface area contributed by atoms with Crippen molar-refractivity contribution < 1.29 is 4.79 Å². The molecule has 0 bridgehead atoms. The molecule has 1 amide bonds. The average molecular weight is 401 g/mol. The van der Waals surface area contributed by atoms with Crippen LogP contribution in [0.5, 0.6) is 0 Å². The van der Waals surface area contributed by atoms with E-state index in [4.69, 9.17) is 0 Å². The molecular weight excluding hydrogens is 372 g/mol. The fourth-order valence-electron chi connectivity index (χ4n) is 4.34. The van der Waals surface area contributed by atoms with E-state index in [1.54, 1.807) is 15.8 Å². The third-order valence-electron chi connectivity index (χ3n) is 6.25. The molecule has 3 aromatic rings. The summed E-state index contributed by atoms with van der Waals surface area (Å²) < 4.78 is 1.69. The number of benzene rings is 2.